The molecule has 4 N–H and O–H groups in total. The summed E-state index contributed by atoms with van der Waals surface area (Å²) < 4.78 is 11.0. The first kappa shape index (κ1) is 22.8. The molecule has 3 unspecified atom stereocenters. The summed E-state index contributed by atoms with van der Waals surface area (Å²) in [4.78, 5) is 35.5. The summed E-state index contributed by atoms with van der Waals surface area (Å²) in [7, 11) is 0. The van der Waals surface area contributed by atoms with Gasteiger partial charge in [0.2, 0.25) is 0 Å². The molecule has 9 nitrogen and oxygen atoms in total. The van der Waals surface area contributed by atoms with E-state index in [1.807, 2.05) is 36.4 Å². The monoisotopic (exact) mass is 454 g/mol. The lowest BCUT2D eigenvalue weighted by molar-refractivity contribution is -0.140. The number of aliphatic hydroxyl groups excluding tert-OH is 1. The van der Waals surface area contributed by atoms with Crippen LogP contribution in [-0.4, -0.2) is 66.2 Å². The van der Waals surface area contributed by atoms with Gasteiger partial charge in [0.1, 0.15) is 6.61 Å². The van der Waals surface area contributed by atoms with Crippen LogP contribution in [-0.2, 0) is 19.1 Å². The zero-order valence-electron chi connectivity index (χ0n) is 17.9. The van der Waals surface area contributed by atoms with Gasteiger partial charge in [-0.1, -0.05) is 48.5 Å². The number of hydrogen-bond donors (Lipinski definition) is 4. The predicted octanol–water partition coefficient (Wildman–Crippen LogP) is 1.63. The fourth-order valence-electron chi connectivity index (χ4n) is 4.38. The summed E-state index contributed by atoms with van der Waals surface area (Å²) in [6.07, 6.45) is -2.84. The zero-order valence-corrected chi connectivity index (χ0v) is 17.9. The van der Waals surface area contributed by atoms with E-state index < -0.39 is 42.6 Å². The molecular formula is C24H26N2O7. The first-order valence-electron chi connectivity index (χ1n) is 10.8. The number of nitrogens with one attached hydrogen (secondary N) is 2. The number of amides is 2. The number of carbonyl (C=O) groups excluding carboxylic acids is 2. The van der Waals surface area contributed by atoms with Gasteiger partial charge in [0.25, 0.3) is 5.91 Å². The number of hydrogen-bond acceptors (Lipinski definition) is 6. The van der Waals surface area contributed by atoms with E-state index in [2.05, 4.69) is 22.8 Å². The Bertz CT molecular complexity index is 995. The minimum absolute atomic E-state index is 0.0715. The molecule has 2 amide bonds. The number of ether oxygens (including phenoxy) is 2. The summed E-state index contributed by atoms with van der Waals surface area (Å²) in [5.41, 5.74) is 4.47. The molecule has 0 aromatic heterocycles. The average molecular weight is 454 g/mol. The van der Waals surface area contributed by atoms with Crippen molar-refractivity contribution >= 4 is 18.0 Å². The summed E-state index contributed by atoms with van der Waals surface area (Å²) in [5.74, 6) is -1.76. The van der Waals surface area contributed by atoms with Gasteiger partial charge in [-0.15, -0.1) is 0 Å². The van der Waals surface area contributed by atoms with E-state index in [-0.39, 0.29) is 25.7 Å². The van der Waals surface area contributed by atoms with Gasteiger partial charge in [-0.3, -0.25) is 9.59 Å². The SMILES string of the molecule is O=C(O)CC(O)CNC(=O)C1OCCC1NC(=O)OCC1c2ccccc2-c2ccccc21. The molecule has 0 spiro atoms. The van der Waals surface area contributed by atoms with Crippen LogP contribution in [0.25, 0.3) is 11.1 Å². The number of aliphatic carboxylic acids is 1. The van der Waals surface area contributed by atoms with Gasteiger partial charge < -0.3 is 30.3 Å². The van der Waals surface area contributed by atoms with Crippen LogP contribution >= 0.6 is 0 Å². The fraction of sp³-hybridized carbons (Fsp3) is 0.375. The van der Waals surface area contributed by atoms with E-state index in [4.69, 9.17) is 14.6 Å². The molecule has 1 aliphatic carbocycles. The molecule has 1 fully saturated rings. The highest BCUT2D eigenvalue weighted by atomic mass is 16.6. The molecule has 2 aliphatic rings. The standard InChI is InChI=1S/C24H26N2O7/c27-14(11-21(28)29)12-25-23(30)22-20(9-10-32-22)26-24(31)33-13-19-17-7-3-1-5-15(17)16-6-2-4-8-18(16)19/h1-8,14,19-20,22,27H,9-13H2,(H,25,30)(H,26,31)(H,28,29). The Morgan fingerprint density at radius 1 is 1.06 bits per heavy atom. The number of carboxylic acid groups (broad SMARTS) is 1. The lowest BCUT2D eigenvalue weighted by Gasteiger charge is -2.21. The molecule has 0 bridgehead atoms. The van der Waals surface area contributed by atoms with E-state index in [9.17, 15) is 19.5 Å². The normalized spacial score (nSPS) is 19.9. The van der Waals surface area contributed by atoms with Crippen molar-refractivity contribution in [1.29, 1.82) is 0 Å². The fourth-order valence-corrected chi connectivity index (χ4v) is 4.38. The smallest absolute Gasteiger partial charge is 0.407 e. The Labute approximate surface area is 190 Å². The van der Waals surface area contributed by atoms with E-state index in [1.54, 1.807) is 0 Å². The topological polar surface area (TPSA) is 134 Å². The van der Waals surface area contributed by atoms with Crippen LogP contribution in [0.2, 0.25) is 0 Å². The number of aliphatic hydroxyl groups is 1. The summed E-state index contributed by atoms with van der Waals surface area (Å²) >= 11 is 0. The lowest BCUT2D eigenvalue weighted by atomic mass is 9.98. The molecule has 2 aromatic carbocycles. The van der Waals surface area contributed by atoms with Crippen LogP contribution < -0.4 is 10.6 Å². The van der Waals surface area contributed by atoms with Crippen molar-refractivity contribution in [3.63, 3.8) is 0 Å². The van der Waals surface area contributed by atoms with Crippen molar-refractivity contribution in [3.05, 3.63) is 59.7 Å². The van der Waals surface area contributed by atoms with Crippen LogP contribution in [0.5, 0.6) is 0 Å². The van der Waals surface area contributed by atoms with Gasteiger partial charge in [0.15, 0.2) is 6.10 Å². The largest absolute Gasteiger partial charge is 0.481 e. The summed E-state index contributed by atoms with van der Waals surface area (Å²) in [5, 5.41) is 23.5. The second kappa shape index (κ2) is 10.0. The maximum Gasteiger partial charge on any atom is 0.407 e. The van der Waals surface area contributed by atoms with E-state index >= 15 is 0 Å². The predicted molar refractivity (Wildman–Crippen MR) is 118 cm³/mol. The number of alkyl carbamates (subject to hydrolysis) is 1. The molecule has 3 atom stereocenters. The van der Waals surface area contributed by atoms with Crippen LogP contribution in [0.1, 0.15) is 29.9 Å². The molecular weight excluding hydrogens is 428 g/mol. The van der Waals surface area contributed by atoms with Crippen LogP contribution in [0.4, 0.5) is 4.79 Å². The first-order chi connectivity index (χ1) is 15.9. The third-order valence-electron chi connectivity index (χ3n) is 5.92. The maximum atomic E-state index is 12.5. The molecule has 9 heteroatoms. The van der Waals surface area contributed by atoms with Crippen LogP contribution in [0.15, 0.2) is 48.5 Å². The zero-order chi connectivity index (χ0) is 23.4. The Kier molecular flexibility index (Phi) is 6.90. The molecule has 0 radical (unpaired) electrons. The van der Waals surface area contributed by atoms with Crippen LogP contribution in [0.3, 0.4) is 0 Å². The molecule has 1 heterocycles. The Balaban J connectivity index is 1.32. The summed E-state index contributed by atoms with van der Waals surface area (Å²) in [6.45, 7) is 0.221. The number of benzene rings is 2. The van der Waals surface area contributed by atoms with Crippen molar-refractivity contribution in [2.75, 3.05) is 19.8 Å². The van der Waals surface area contributed by atoms with Gasteiger partial charge in [-0.2, -0.15) is 0 Å². The Morgan fingerprint density at radius 3 is 2.33 bits per heavy atom. The van der Waals surface area contributed by atoms with Crippen molar-refractivity contribution in [1.82, 2.24) is 10.6 Å². The molecule has 4 rings (SSSR count). The number of carboxylic acids is 1. The van der Waals surface area contributed by atoms with E-state index in [0.29, 0.717) is 6.42 Å². The minimum Gasteiger partial charge on any atom is -0.481 e. The molecule has 1 aliphatic heterocycles. The Morgan fingerprint density at radius 2 is 1.70 bits per heavy atom. The van der Waals surface area contributed by atoms with Gasteiger partial charge in [-0.05, 0) is 28.7 Å². The average Bonchev–Trinajstić information content (AvgIpc) is 3.38. The van der Waals surface area contributed by atoms with Gasteiger partial charge >= 0.3 is 12.1 Å². The molecule has 0 saturated carbocycles. The molecule has 2 aromatic rings. The third-order valence-corrected chi connectivity index (χ3v) is 5.92. The molecule has 1 saturated heterocycles. The van der Waals surface area contributed by atoms with E-state index in [0.717, 1.165) is 22.3 Å². The highest BCUT2D eigenvalue weighted by molar-refractivity contribution is 5.83. The first-order valence-corrected chi connectivity index (χ1v) is 10.8. The quantitative estimate of drug-likeness (QED) is 0.476. The highest BCUT2D eigenvalue weighted by Gasteiger charge is 2.36. The van der Waals surface area contributed by atoms with Crippen molar-refractivity contribution in [2.45, 2.75) is 37.0 Å². The Hall–Kier alpha value is -3.43. The number of fused-ring (bicyclic) bond motifs is 3. The maximum absolute atomic E-state index is 12.5. The van der Waals surface area contributed by atoms with Crippen molar-refractivity contribution in [3.8, 4) is 11.1 Å². The second-order valence-corrected chi connectivity index (χ2v) is 8.15. The third kappa shape index (κ3) is 5.15. The highest BCUT2D eigenvalue weighted by Crippen LogP contribution is 2.44. The van der Waals surface area contributed by atoms with Crippen molar-refractivity contribution < 1.29 is 34.1 Å². The van der Waals surface area contributed by atoms with Gasteiger partial charge in [0.05, 0.1) is 18.6 Å². The summed E-state index contributed by atoms with van der Waals surface area (Å²) in [6, 6.07) is 15.5. The van der Waals surface area contributed by atoms with Gasteiger partial charge in [0, 0.05) is 19.1 Å². The molecule has 174 valence electrons. The van der Waals surface area contributed by atoms with E-state index in [1.165, 1.54) is 0 Å². The number of carbonyl (C=O) groups is 3. The van der Waals surface area contributed by atoms with Crippen molar-refractivity contribution in [2.24, 2.45) is 0 Å². The van der Waals surface area contributed by atoms with Crippen LogP contribution in [0, 0.1) is 0 Å². The lowest BCUT2D eigenvalue weighted by Crippen LogP contribution is -2.49. The molecule has 33 heavy (non-hydrogen) atoms. The second-order valence-electron chi connectivity index (χ2n) is 8.15. The minimum atomic E-state index is -1.21. The van der Waals surface area contributed by atoms with Gasteiger partial charge in [-0.25, -0.2) is 4.79 Å². The number of rotatable bonds is 8.